The lowest BCUT2D eigenvalue weighted by molar-refractivity contribution is -0.122. The number of hydrogen-bond acceptors (Lipinski definition) is 3. The van der Waals surface area contributed by atoms with Crippen LogP contribution in [0.15, 0.2) is 0 Å². The second kappa shape index (κ2) is 10.2. The van der Waals surface area contributed by atoms with Crippen molar-refractivity contribution in [1.82, 2.24) is 10.2 Å². The second-order valence-electron chi connectivity index (χ2n) is 7.37. The summed E-state index contributed by atoms with van der Waals surface area (Å²) < 4.78 is 0. The van der Waals surface area contributed by atoms with Gasteiger partial charge < -0.3 is 16.0 Å². The van der Waals surface area contributed by atoms with Gasteiger partial charge >= 0.3 is 0 Å². The average Bonchev–Trinajstić information content (AvgIpc) is 2.31. The summed E-state index contributed by atoms with van der Waals surface area (Å²) in [7, 11) is 0. The monoisotopic (exact) mass is 299 g/mol. The summed E-state index contributed by atoms with van der Waals surface area (Å²) in [4.78, 5) is 14.4. The zero-order valence-electron chi connectivity index (χ0n) is 15.0. The van der Waals surface area contributed by atoms with E-state index in [1.54, 1.807) is 0 Å². The maximum atomic E-state index is 12.0. The number of carbonyl (C=O) groups excluding carboxylic acids is 1. The SMILES string of the molecule is CCN(CC)CCCC(C)NC(=O)CC(N)CC(C)(C)C. The number of amides is 1. The molecule has 2 atom stereocenters. The zero-order valence-corrected chi connectivity index (χ0v) is 15.0. The van der Waals surface area contributed by atoms with Gasteiger partial charge in [0.05, 0.1) is 0 Å². The number of nitrogens with one attached hydrogen (secondary N) is 1. The smallest absolute Gasteiger partial charge is 0.221 e. The van der Waals surface area contributed by atoms with Gasteiger partial charge in [-0.15, -0.1) is 0 Å². The molecule has 0 radical (unpaired) electrons. The zero-order chi connectivity index (χ0) is 16.5. The van der Waals surface area contributed by atoms with Gasteiger partial charge in [0.2, 0.25) is 5.91 Å². The summed E-state index contributed by atoms with van der Waals surface area (Å²) in [6, 6.07) is 0.183. The van der Waals surface area contributed by atoms with Crippen LogP contribution in [0.4, 0.5) is 0 Å². The van der Waals surface area contributed by atoms with Crippen LogP contribution in [0.5, 0.6) is 0 Å². The fourth-order valence-corrected chi connectivity index (χ4v) is 2.66. The van der Waals surface area contributed by atoms with Crippen LogP contribution < -0.4 is 11.1 Å². The van der Waals surface area contributed by atoms with E-state index in [9.17, 15) is 4.79 Å². The Morgan fingerprint density at radius 2 is 1.81 bits per heavy atom. The Kier molecular flexibility index (Phi) is 9.88. The van der Waals surface area contributed by atoms with Gasteiger partial charge in [-0.2, -0.15) is 0 Å². The molecule has 0 spiro atoms. The van der Waals surface area contributed by atoms with Crippen molar-refractivity contribution in [1.29, 1.82) is 0 Å². The van der Waals surface area contributed by atoms with Crippen molar-refractivity contribution in [2.75, 3.05) is 19.6 Å². The number of nitrogens with two attached hydrogens (primary N) is 1. The Morgan fingerprint density at radius 3 is 2.29 bits per heavy atom. The minimum Gasteiger partial charge on any atom is -0.354 e. The number of nitrogens with zero attached hydrogens (tertiary/aromatic N) is 1. The molecule has 0 aliphatic heterocycles. The molecule has 0 bridgehead atoms. The molecule has 4 heteroatoms. The highest BCUT2D eigenvalue weighted by molar-refractivity contribution is 5.76. The quantitative estimate of drug-likeness (QED) is 0.652. The predicted octanol–water partition coefficient (Wildman–Crippen LogP) is 2.77. The Bertz CT molecular complexity index is 282. The Balaban J connectivity index is 3.89. The summed E-state index contributed by atoms with van der Waals surface area (Å²) in [5.41, 5.74) is 6.22. The van der Waals surface area contributed by atoms with E-state index in [1.807, 2.05) is 0 Å². The van der Waals surface area contributed by atoms with Crippen molar-refractivity contribution >= 4 is 5.91 Å². The number of carbonyl (C=O) groups is 1. The number of hydrogen-bond donors (Lipinski definition) is 2. The lowest BCUT2D eigenvalue weighted by Gasteiger charge is -2.23. The van der Waals surface area contributed by atoms with Gasteiger partial charge in [0, 0.05) is 18.5 Å². The minimum atomic E-state index is -0.0483. The van der Waals surface area contributed by atoms with E-state index in [1.165, 1.54) is 0 Å². The van der Waals surface area contributed by atoms with Gasteiger partial charge in [-0.3, -0.25) is 4.79 Å². The van der Waals surface area contributed by atoms with Gasteiger partial charge in [0.25, 0.3) is 0 Å². The van der Waals surface area contributed by atoms with Crippen LogP contribution in [0.1, 0.15) is 67.2 Å². The lowest BCUT2D eigenvalue weighted by atomic mass is 9.87. The van der Waals surface area contributed by atoms with Gasteiger partial charge in [0.1, 0.15) is 0 Å². The molecule has 0 saturated carbocycles. The average molecular weight is 300 g/mol. The molecule has 126 valence electrons. The fraction of sp³-hybridized carbons (Fsp3) is 0.941. The molecule has 0 aromatic carbocycles. The third-order valence-electron chi connectivity index (χ3n) is 3.74. The van der Waals surface area contributed by atoms with Crippen LogP contribution in [0, 0.1) is 5.41 Å². The van der Waals surface area contributed by atoms with Crippen molar-refractivity contribution < 1.29 is 4.79 Å². The topological polar surface area (TPSA) is 58.4 Å². The molecule has 0 aromatic rings. The molecular weight excluding hydrogens is 262 g/mol. The first-order chi connectivity index (χ1) is 9.67. The van der Waals surface area contributed by atoms with Crippen molar-refractivity contribution in [3.05, 3.63) is 0 Å². The molecule has 21 heavy (non-hydrogen) atoms. The molecule has 0 aliphatic carbocycles. The molecule has 0 fully saturated rings. The van der Waals surface area contributed by atoms with E-state index in [4.69, 9.17) is 5.73 Å². The Labute approximate surface area is 131 Å². The van der Waals surface area contributed by atoms with Crippen LogP contribution in [0.25, 0.3) is 0 Å². The van der Waals surface area contributed by atoms with Gasteiger partial charge in [-0.1, -0.05) is 34.6 Å². The summed E-state index contributed by atoms with van der Waals surface area (Å²) >= 11 is 0. The highest BCUT2D eigenvalue weighted by atomic mass is 16.1. The predicted molar refractivity (Wildman–Crippen MR) is 91.3 cm³/mol. The molecule has 3 N–H and O–H groups in total. The first kappa shape index (κ1) is 20.4. The summed E-state index contributed by atoms with van der Waals surface area (Å²) in [5.74, 6) is 0.0853. The molecule has 1 amide bonds. The molecule has 0 heterocycles. The molecular formula is C17H37N3O. The van der Waals surface area contributed by atoms with Crippen LogP contribution in [0.2, 0.25) is 0 Å². The van der Waals surface area contributed by atoms with E-state index >= 15 is 0 Å². The van der Waals surface area contributed by atoms with Crippen molar-refractivity contribution in [3.63, 3.8) is 0 Å². The Hall–Kier alpha value is -0.610. The standard InChI is InChI=1S/C17H37N3O/c1-7-20(8-2)11-9-10-14(3)19-16(21)12-15(18)13-17(4,5)6/h14-15H,7-13,18H2,1-6H3,(H,19,21). The van der Waals surface area contributed by atoms with Gasteiger partial charge in [-0.25, -0.2) is 0 Å². The normalized spacial score (nSPS) is 15.0. The van der Waals surface area contributed by atoms with E-state index in [0.29, 0.717) is 6.42 Å². The van der Waals surface area contributed by atoms with E-state index in [0.717, 1.165) is 38.9 Å². The van der Waals surface area contributed by atoms with E-state index in [-0.39, 0.29) is 23.4 Å². The highest BCUT2D eigenvalue weighted by Gasteiger charge is 2.18. The summed E-state index contributed by atoms with van der Waals surface area (Å²) in [5, 5.41) is 3.07. The lowest BCUT2D eigenvalue weighted by Crippen LogP contribution is -2.38. The molecule has 0 rings (SSSR count). The van der Waals surface area contributed by atoms with Crippen LogP contribution >= 0.6 is 0 Å². The van der Waals surface area contributed by atoms with Crippen molar-refractivity contribution in [2.45, 2.75) is 79.3 Å². The van der Waals surface area contributed by atoms with Gasteiger partial charge in [0.15, 0.2) is 0 Å². The maximum absolute atomic E-state index is 12.0. The van der Waals surface area contributed by atoms with Crippen LogP contribution in [0.3, 0.4) is 0 Å². The summed E-state index contributed by atoms with van der Waals surface area (Å²) in [6.45, 7) is 16.2. The van der Waals surface area contributed by atoms with Gasteiger partial charge in [-0.05, 0) is 51.2 Å². The first-order valence-electron chi connectivity index (χ1n) is 8.45. The fourth-order valence-electron chi connectivity index (χ4n) is 2.66. The van der Waals surface area contributed by atoms with Crippen molar-refractivity contribution in [3.8, 4) is 0 Å². The molecule has 0 aromatic heterocycles. The molecule has 4 nitrogen and oxygen atoms in total. The largest absolute Gasteiger partial charge is 0.354 e. The summed E-state index contributed by atoms with van der Waals surface area (Å²) in [6.07, 6.45) is 3.45. The molecule has 0 aliphatic rings. The minimum absolute atomic E-state index is 0.0483. The first-order valence-corrected chi connectivity index (χ1v) is 8.45. The molecule has 2 unspecified atom stereocenters. The van der Waals surface area contributed by atoms with E-state index in [2.05, 4.69) is 51.8 Å². The third-order valence-corrected chi connectivity index (χ3v) is 3.74. The third kappa shape index (κ3) is 11.7. The second-order valence-corrected chi connectivity index (χ2v) is 7.37. The Morgan fingerprint density at radius 1 is 1.24 bits per heavy atom. The van der Waals surface area contributed by atoms with Crippen LogP contribution in [-0.4, -0.2) is 42.5 Å². The highest BCUT2D eigenvalue weighted by Crippen LogP contribution is 2.20. The maximum Gasteiger partial charge on any atom is 0.221 e. The van der Waals surface area contributed by atoms with E-state index < -0.39 is 0 Å². The van der Waals surface area contributed by atoms with Crippen molar-refractivity contribution in [2.24, 2.45) is 11.1 Å². The molecule has 0 saturated heterocycles. The van der Waals surface area contributed by atoms with Crippen LogP contribution in [-0.2, 0) is 4.79 Å². The number of rotatable bonds is 10.